The van der Waals surface area contributed by atoms with Crippen LogP contribution in [-0.2, 0) is 0 Å². The van der Waals surface area contributed by atoms with Gasteiger partial charge in [0.25, 0.3) is 0 Å². The van der Waals surface area contributed by atoms with Gasteiger partial charge in [0.2, 0.25) is 0 Å². The second kappa shape index (κ2) is 4.42. The number of rotatable bonds is 2. The van der Waals surface area contributed by atoms with Crippen molar-refractivity contribution in [1.82, 2.24) is 4.98 Å². The number of fused-ring (bicyclic) bond motifs is 1. The summed E-state index contributed by atoms with van der Waals surface area (Å²) in [5.41, 5.74) is 2.34. The van der Waals surface area contributed by atoms with Crippen LogP contribution in [0.15, 0.2) is 34.7 Å². The van der Waals surface area contributed by atoms with E-state index in [1.165, 1.54) is 10.3 Å². The molecular weight excluding hydrogens is 242 g/mol. The average molecular weight is 255 g/mol. The Balaban J connectivity index is 1.95. The molecule has 3 rings (SSSR count). The lowest BCUT2D eigenvalue weighted by molar-refractivity contribution is 0.525. The fraction of sp³-hybridized carbons (Fsp3) is 0.133. The maximum absolute atomic E-state index is 5.49. The monoisotopic (exact) mass is 255 g/mol. The van der Waals surface area contributed by atoms with Crippen LogP contribution in [0.2, 0.25) is 0 Å². The Morgan fingerprint density at radius 1 is 1.11 bits per heavy atom. The van der Waals surface area contributed by atoms with Gasteiger partial charge in [-0.2, -0.15) is 0 Å². The van der Waals surface area contributed by atoms with Gasteiger partial charge in [0.15, 0.2) is 0 Å². The Bertz CT molecular complexity index is 721. The number of aryl methyl sites for hydroxylation is 2. The lowest BCUT2D eigenvalue weighted by Crippen LogP contribution is -1.71. The second-order valence-corrected chi connectivity index (χ2v) is 5.29. The number of furan rings is 1. The quantitative estimate of drug-likeness (QED) is 0.664. The minimum atomic E-state index is 0.864. The second-order valence-electron chi connectivity index (χ2n) is 4.26. The lowest BCUT2D eigenvalue weighted by atomic mass is 10.2. The van der Waals surface area contributed by atoms with Crippen LogP contribution in [-0.4, -0.2) is 4.98 Å². The molecule has 90 valence electrons. The summed E-state index contributed by atoms with van der Waals surface area (Å²) in [5.74, 6) is 1.79. The van der Waals surface area contributed by atoms with Gasteiger partial charge in [0, 0.05) is 0 Å². The molecule has 0 amide bonds. The van der Waals surface area contributed by atoms with Crippen molar-refractivity contribution >= 4 is 33.7 Å². The van der Waals surface area contributed by atoms with Crippen molar-refractivity contribution in [2.45, 2.75) is 13.8 Å². The van der Waals surface area contributed by atoms with Gasteiger partial charge >= 0.3 is 0 Å². The predicted octanol–water partition coefficient (Wildman–Crippen LogP) is 4.68. The summed E-state index contributed by atoms with van der Waals surface area (Å²) in [5, 5.41) is 1.01. The van der Waals surface area contributed by atoms with Gasteiger partial charge in [0.05, 0.1) is 10.2 Å². The topological polar surface area (TPSA) is 26.0 Å². The third-order valence-electron chi connectivity index (χ3n) is 2.78. The summed E-state index contributed by atoms with van der Waals surface area (Å²) in [6, 6.07) is 10.1. The van der Waals surface area contributed by atoms with Gasteiger partial charge in [-0.1, -0.05) is 12.1 Å². The molecule has 18 heavy (non-hydrogen) atoms. The standard InChI is InChI=1S/C15H13NOS/c1-10-4-3-5-13-15(10)18-14(16-13)9-8-12-7-6-11(2)17-12/h3-9H,1-2H3/b9-8+. The molecule has 0 spiro atoms. The van der Waals surface area contributed by atoms with Crippen LogP contribution in [0.3, 0.4) is 0 Å². The number of hydrogen-bond donors (Lipinski definition) is 0. The molecule has 0 saturated heterocycles. The van der Waals surface area contributed by atoms with Gasteiger partial charge < -0.3 is 4.42 Å². The number of aromatic nitrogens is 1. The fourth-order valence-corrected chi connectivity index (χ4v) is 2.81. The van der Waals surface area contributed by atoms with Crippen molar-refractivity contribution in [3.05, 3.63) is 52.4 Å². The van der Waals surface area contributed by atoms with E-state index in [1.807, 2.05) is 43.3 Å². The van der Waals surface area contributed by atoms with E-state index >= 15 is 0 Å². The minimum Gasteiger partial charge on any atom is -0.462 e. The fourth-order valence-electron chi connectivity index (χ4n) is 1.87. The highest BCUT2D eigenvalue weighted by Crippen LogP contribution is 2.26. The first-order valence-corrected chi connectivity index (χ1v) is 6.65. The molecule has 0 bridgehead atoms. The number of nitrogens with zero attached hydrogens (tertiary/aromatic N) is 1. The van der Waals surface area contributed by atoms with Crippen LogP contribution in [0.25, 0.3) is 22.4 Å². The molecule has 0 N–H and O–H groups in total. The number of benzene rings is 1. The molecule has 0 aliphatic rings. The van der Waals surface area contributed by atoms with Crippen LogP contribution in [0.4, 0.5) is 0 Å². The smallest absolute Gasteiger partial charge is 0.127 e. The van der Waals surface area contributed by atoms with Crippen LogP contribution >= 0.6 is 11.3 Å². The lowest BCUT2D eigenvalue weighted by Gasteiger charge is -1.90. The van der Waals surface area contributed by atoms with E-state index < -0.39 is 0 Å². The van der Waals surface area contributed by atoms with Crippen LogP contribution in [0.1, 0.15) is 22.1 Å². The molecule has 0 radical (unpaired) electrons. The Kier molecular flexibility index (Phi) is 2.76. The number of hydrogen-bond acceptors (Lipinski definition) is 3. The van der Waals surface area contributed by atoms with E-state index in [0.717, 1.165) is 22.0 Å². The van der Waals surface area contributed by atoms with Gasteiger partial charge in [-0.3, -0.25) is 0 Å². The van der Waals surface area contributed by atoms with Crippen molar-refractivity contribution < 1.29 is 4.42 Å². The highest BCUT2D eigenvalue weighted by molar-refractivity contribution is 7.19. The van der Waals surface area contributed by atoms with Crippen molar-refractivity contribution in [2.24, 2.45) is 0 Å². The highest BCUT2D eigenvalue weighted by Gasteiger charge is 2.03. The first-order valence-electron chi connectivity index (χ1n) is 5.83. The third-order valence-corrected chi connectivity index (χ3v) is 3.95. The molecule has 0 saturated carbocycles. The van der Waals surface area contributed by atoms with Crippen LogP contribution in [0.5, 0.6) is 0 Å². The van der Waals surface area contributed by atoms with Crippen molar-refractivity contribution in [3.8, 4) is 0 Å². The van der Waals surface area contributed by atoms with Crippen molar-refractivity contribution in [3.63, 3.8) is 0 Å². The van der Waals surface area contributed by atoms with E-state index in [2.05, 4.69) is 18.0 Å². The molecule has 2 heterocycles. The predicted molar refractivity (Wildman–Crippen MR) is 76.7 cm³/mol. The van der Waals surface area contributed by atoms with Crippen molar-refractivity contribution in [2.75, 3.05) is 0 Å². The Morgan fingerprint density at radius 2 is 2.00 bits per heavy atom. The number of thiazole rings is 1. The summed E-state index contributed by atoms with van der Waals surface area (Å²) in [7, 11) is 0. The Hall–Kier alpha value is -1.87. The van der Waals surface area contributed by atoms with Gasteiger partial charge in [-0.05, 0) is 49.8 Å². The SMILES string of the molecule is Cc1ccc(/C=C/c2nc3cccc(C)c3s2)o1. The minimum absolute atomic E-state index is 0.864. The zero-order valence-corrected chi connectivity index (χ0v) is 11.1. The molecule has 0 unspecified atom stereocenters. The maximum atomic E-state index is 5.49. The molecule has 2 aromatic heterocycles. The zero-order valence-electron chi connectivity index (χ0n) is 10.3. The normalized spacial score (nSPS) is 11.7. The van der Waals surface area contributed by atoms with Gasteiger partial charge in [-0.15, -0.1) is 11.3 Å². The molecule has 0 atom stereocenters. The average Bonchev–Trinajstić information content (AvgIpc) is 2.93. The van der Waals surface area contributed by atoms with E-state index in [9.17, 15) is 0 Å². The largest absolute Gasteiger partial charge is 0.462 e. The van der Waals surface area contributed by atoms with E-state index in [-0.39, 0.29) is 0 Å². The first-order chi connectivity index (χ1) is 8.72. The van der Waals surface area contributed by atoms with Crippen molar-refractivity contribution in [1.29, 1.82) is 0 Å². The molecule has 1 aromatic carbocycles. The molecular formula is C15H13NOS. The summed E-state index contributed by atoms with van der Waals surface area (Å²) < 4.78 is 6.75. The third kappa shape index (κ3) is 2.09. The van der Waals surface area contributed by atoms with Gasteiger partial charge in [-0.25, -0.2) is 4.98 Å². The van der Waals surface area contributed by atoms with Crippen LogP contribution < -0.4 is 0 Å². The van der Waals surface area contributed by atoms with Crippen LogP contribution in [0, 0.1) is 13.8 Å². The summed E-state index contributed by atoms with van der Waals surface area (Å²) in [4.78, 5) is 4.59. The summed E-state index contributed by atoms with van der Waals surface area (Å²) in [6.07, 6.45) is 3.96. The Labute approximate surface area is 110 Å². The summed E-state index contributed by atoms with van der Waals surface area (Å²) >= 11 is 1.71. The molecule has 0 fully saturated rings. The molecule has 3 heteroatoms. The van der Waals surface area contributed by atoms with E-state index in [0.29, 0.717) is 0 Å². The molecule has 2 nitrogen and oxygen atoms in total. The molecule has 3 aromatic rings. The van der Waals surface area contributed by atoms with E-state index in [4.69, 9.17) is 4.42 Å². The first kappa shape index (κ1) is 11.2. The summed E-state index contributed by atoms with van der Waals surface area (Å²) in [6.45, 7) is 4.06. The van der Waals surface area contributed by atoms with Gasteiger partial charge in [0.1, 0.15) is 16.5 Å². The van der Waals surface area contributed by atoms with E-state index in [1.54, 1.807) is 11.3 Å². The molecule has 0 aliphatic heterocycles. The zero-order chi connectivity index (χ0) is 12.5. The Morgan fingerprint density at radius 3 is 2.72 bits per heavy atom. The highest BCUT2D eigenvalue weighted by atomic mass is 32.1. The molecule has 0 aliphatic carbocycles. The maximum Gasteiger partial charge on any atom is 0.127 e.